The van der Waals surface area contributed by atoms with Crippen LogP contribution in [-0.2, 0) is 16.6 Å². The van der Waals surface area contributed by atoms with Crippen molar-refractivity contribution in [1.29, 1.82) is 0 Å². The number of hydrogen-bond acceptors (Lipinski definition) is 4. The monoisotopic (exact) mass is 302 g/mol. The molecule has 1 aromatic carbocycles. The lowest BCUT2D eigenvalue weighted by atomic mass is 10.1. The zero-order valence-corrected chi connectivity index (χ0v) is 13.5. The molecule has 0 aliphatic heterocycles. The molecule has 2 N–H and O–H groups in total. The van der Waals surface area contributed by atoms with Gasteiger partial charge in [0.1, 0.15) is 0 Å². The Morgan fingerprint density at radius 1 is 1.21 bits per heavy atom. The Labute approximate surface area is 120 Å². The Kier molecular flexibility index (Phi) is 5.85. The molecule has 0 saturated heterocycles. The highest BCUT2D eigenvalue weighted by Crippen LogP contribution is 2.14. The van der Waals surface area contributed by atoms with E-state index in [9.17, 15) is 8.42 Å². The minimum absolute atomic E-state index is 0.493. The van der Waals surface area contributed by atoms with Crippen molar-refractivity contribution in [3.05, 3.63) is 29.8 Å². The maximum Gasteiger partial charge on any atom is 0.209 e. The van der Waals surface area contributed by atoms with Crippen LogP contribution in [0.4, 0.5) is 0 Å². The molecular weight excluding hydrogens is 280 g/mol. The van der Waals surface area contributed by atoms with Gasteiger partial charge in [-0.15, -0.1) is 11.8 Å². The third-order valence-corrected chi connectivity index (χ3v) is 4.18. The molecule has 0 atom stereocenters. The summed E-state index contributed by atoms with van der Waals surface area (Å²) >= 11 is 1.71. The summed E-state index contributed by atoms with van der Waals surface area (Å²) in [6, 6.07) is 8.33. The van der Waals surface area contributed by atoms with Gasteiger partial charge in [0.2, 0.25) is 10.0 Å². The van der Waals surface area contributed by atoms with Crippen molar-refractivity contribution in [1.82, 2.24) is 10.0 Å². The average Bonchev–Trinajstić information content (AvgIpc) is 2.26. The van der Waals surface area contributed by atoms with E-state index in [1.165, 1.54) is 16.7 Å². The minimum atomic E-state index is -3.18. The molecule has 1 aromatic rings. The van der Waals surface area contributed by atoms with Crippen LogP contribution in [0.5, 0.6) is 0 Å². The fraction of sp³-hybridized carbons (Fsp3) is 0.538. The third kappa shape index (κ3) is 6.96. The van der Waals surface area contributed by atoms with Gasteiger partial charge in [0.25, 0.3) is 0 Å². The van der Waals surface area contributed by atoms with E-state index < -0.39 is 15.6 Å². The van der Waals surface area contributed by atoms with Crippen molar-refractivity contribution in [2.75, 3.05) is 19.1 Å². The van der Waals surface area contributed by atoms with Gasteiger partial charge >= 0.3 is 0 Å². The zero-order chi connectivity index (χ0) is 14.5. The maximum absolute atomic E-state index is 11.2. The number of rotatable bonds is 7. The lowest BCUT2D eigenvalue weighted by Gasteiger charge is -2.25. The number of thioether (sulfide) groups is 1. The van der Waals surface area contributed by atoms with Crippen LogP contribution in [-0.4, -0.2) is 33.0 Å². The van der Waals surface area contributed by atoms with E-state index in [2.05, 4.69) is 34.3 Å². The normalized spacial score (nSPS) is 12.6. The first-order valence-electron chi connectivity index (χ1n) is 6.04. The van der Waals surface area contributed by atoms with Gasteiger partial charge in [-0.25, -0.2) is 13.1 Å². The minimum Gasteiger partial charge on any atom is -0.311 e. The summed E-state index contributed by atoms with van der Waals surface area (Å²) in [7, 11) is -3.18. The number of nitrogens with one attached hydrogen (secondary N) is 2. The summed E-state index contributed by atoms with van der Waals surface area (Å²) in [5.41, 5.74) is 0.695. The number of benzene rings is 1. The standard InChI is InChI=1S/C13H22N2O2S2/c1-13(2,15-19(4,16)17)10-14-9-11-5-7-12(18-3)8-6-11/h5-8,14-15H,9-10H2,1-4H3. The van der Waals surface area contributed by atoms with E-state index in [4.69, 9.17) is 0 Å². The van der Waals surface area contributed by atoms with Gasteiger partial charge < -0.3 is 5.32 Å². The predicted molar refractivity (Wildman–Crippen MR) is 82.0 cm³/mol. The molecule has 4 nitrogen and oxygen atoms in total. The second-order valence-corrected chi connectivity index (χ2v) is 7.84. The van der Waals surface area contributed by atoms with E-state index in [1.54, 1.807) is 11.8 Å². The first-order valence-corrected chi connectivity index (χ1v) is 9.16. The molecule has 0 radical (unpaired) electrons. The summed E-state index contributed by atoms with van der Waals surface area (Å²) in [6.07, 6.45) is 3.22. The molecule has 19 heavy (non-hydrogen) atoms. The number of hydrogen-bond donors (Lipinski definition) is 2. The first kappa shape index (κ1) is 16.5. The van der Waals surface area contributed by atoms with Crippen LogP contribution < -0.4 is 10.0 Å². The molecule has 0 saturated carbocycles. The molecule has 0 amide bonds. The largest absolute Gasteiger partial charge is 0.311 e. The zero-order valence-electron chi connectivity index (χ0n) is 11.9. The molecule has 0 bridgehead atoms. The van der Waals surface area contributed by atoms with Crippen LogP contribution in [0.25, 0.3) is 0 Å². The summed E-state index contributed by atoms with van der Waals surface area (Å²) in [5, 5.41) is 3.27. The molecule has 0 spiro atoms. The average molecular weight is 302 g/mol. The SMILES string of the molecule is CSc1ccc(CNCC(C)(C)NS(C)(=O)=O)cc1. The Hall–Kier alpha value is -0.560. The molecule has 6 heteroatoms. The lowest BCUT2D eigenvalue weighted by molar-refractivity contribution is 0.421. The Morgan fingerprint density at radius 2 is 1.79 bits per heavy atom. The Balaban J connectivity index is 2.44. The van der Waals surface area contributed by atoms with Crippen molar-refractivity contribution >= 4 is 21.8 Å². The van der Waals surface area contributed by atoms with Crippen molar-refractivity contribution in [3.63, 3.8) is 0 Å². The van der Waals surface area contributed by atoms with E-state index >= 15 is 0 Å². The van der Waals surface area contributed by atoms with Gasteiger partial charge in [-0.3, -0.25) is 0 Å². The molecule has 0 unspecified atom stereocenters. The van der Waals surface area contributed by atoms with Crippen LogP contribution >= 0.6 is 11.8 Å². The summed E-state index contributed by atoms with van der Waals surface area (Å²) in [5.74, 6) is 0. The molecule has 1 rings (SSSR count). The fourth-order valence-electron chi connectivity index (χ4n) is 1.80. The third-order valence-electron chi connectivity index (χ3n) is 2.52. The predicted octanol–water partition coefficient (Wildman–Crippen LogP) is 1.83. The Bertz CT molecular complexity index is 496. The van der Waals surface area contributed by atoms with Crippen molar-refractivity contribution in [2.45, 2.75) is 30.8 Å². The highest BCUT2D eigenvalue weighted by Gasteiger charge is 2.21. The van der Waals surface area contributed by atoms with Crippen molar-refractivity contribution in [3.8, 4) is 0 Å². The molecule has 0 fully saturated rings. The second kappa shape index (κ2) is 6.74. The summed E-state index contributed by atoms with van der Waals surface area (Å²) in [6.45, 7) is 5.02. The number of sulfonamides is 1. The molecule has 108 valence electrons. The van der Waals surface area contributed by atoms with Crippen LogP contribution in [0.15, 0.2) is 29.2 Å². The summed E-state index contributed by atoms with van der Waals surface area (Å²) < 4.78 is 25.0. The topological polar surface area (TPSA) is 58.2 Å². The first-order chi connectivity index (χ1) is 8.72. The van der Waals surface area contributed by atoms with Crippen LogP contribution in [0.2, 0.25) is 0 Å². The van der Waals surface area contributed by atoms with Gasteiger partial charge in [-0.05, 0) is 37.8 Å². The lowest BCUT2D eigenvalue weighted by Crippen LogP contribution is -2.49. The second-order valence-electron chi connectivity index (χ2n) is 5.21. The van der Waals surface area contributed by atoms with Gasteiger partial charge in [0.15, 0.2) is 0 Å². The van der Waals surface area contributed by atoms with Crippen LogP contribution in [0, 0.1) is 0 Å². The molecule has 0 heterocycles. The fourth-order valence-corrected chi connectivity index (χ4v) is 3.28. The van der Waals surface area contributed by atoms with Gasteiger partial charge in [-0.1, -0.05) is 12.1 Å². The quantitative estimate of drug-likeness (QED) is 0.755. The van der Waals surface area contributed by atoms with E-state index in [0.717, 1.165) is 6.54 Å². The molecular formula is C13H22N2O2S2. The molecule has 0 aliphatic rings. The smallest absolute Gasteiger partial charge is 0.209 e. The highest BCUT2D eigenvalue weighted by atomic mass is 32.2. The van der Waals surface area contributed by atoms with Gasteiger partial charge in [0.05, 0.1) is 6.26 Å². The molecule has 0 aromatic heterocycles. The van der Waals surface area contributed by atoms with Crippen LogP contribution in [0.1, 0.15) is 19.4 Å². The van der Waals surface area contributed by atoms with Gasteiger partial charge in [0, 0.05) is 23.5 Å². The van der Waals surface area contributed by atoms with Crippen molar-refractivity contribution < 1.29 is 8.42 Å². The molecule has 0 aliphatic carbocycles. The van der Waals surface area contributed by atoms with E-state index in [-0.39, 0.29) is 0 Å². The highest BCUT2D eigenvalue weighted by molar-refractivity contribution is 7.98. The van der Waals surface area contributed by atoms with Gasteiger partial charge in [-0.2, -0.15) is 0 Å². The Morgan fingerprint density at radius 3 is 2.26 bits per heavy atom. The van der Waals surface area contributed by atoms with Crippen molar-refractivity contribution in [2.24, 2.45) is 0 Å². The van der Waals surface area contributed by atoms with E-state index in [1.807, 2.05) is 20.1 Å². The maximum atomic E-state index is 11.2. The van der Waals surface area contributed by atoms with Crippen LogP contribution in [0.3, 0.4) is 0 Å². The van der Waals surface area contributed by atoms with E-state index in [0.29, 0.717) is 6.54 Å². The summed E-state index contributed by atoms with van der Waals surface area (Å²) in [4.78, 5) is 1.24.